The minimum Gasteiger partial charge on any atom is -0.497 e. The highest BCUT2D eigenvalue weighted by Gasteiger charge is 2.10. The lowest BCUT2D eigenvalue weighted by molar-refractivity contribution is 0.415. The minimum absolute atomic E-state index is 0.786. The normalized spacial score (nSPS) is 10.8. The van der Waals surface area contributed by atoms with Crippen molar-refractivity contribution in [3.8, 4) is 22.9 Å². The molecule has 5 heteroatoms. The lowest BCUT2D eigenvalue weighted by Crippen LogP contribution is -1.83. The summed E-state index contributed by atoms with van der Waals surface area (Å²) in [6.07, 6.45) is 0. The van der Waals surface area contributed by atoms with E-state index < -0.39 is 0 Å². The molecule has 4 nitrogen and oxygen atoms in total. The molecule has 0 aliphatic rings. The predicted octanol–water partition coefficient (Wildman–Crippen LogP) is 4.01. The quantitative estimate of drug-likeness (QED) is 0.788. The number of fused-ring (bicyclic) bond motifs is 1. The fourth-order valence-electron chi connectivity index (χ4n) is 2.05. The van der Waals surface area contributed by atoms with Gasteiger partial charge in [-0.25, -0.2) is 4.98 Å². The summed E-state index contributed by atoms with van der Waals surface area (Å²) in [4.78, 5) is 7.92. The first-order valence-corrected chi connectivity index (χ1v) is 6.88. The van der Waals surface area contributed by atoms with Gasteiger partial charge in [0.15, 0.2) is 0 Å². The highest BCUT2D eigenvalue weighted by molar-refractivity contribution is 9.10. The molecule has 102 valence electrons. The van der Waals surface area contributed by atoms with Gasteiger partial charge in [0.1, 0.15) is 22.8 Å². The maximum Gasteiger partial charge on any atom is 0.138 e. The summed E-state index contributed by atoms with van der Waals surface area (Å²) in [5.74, 6) is 2.43. The molecule has 0 bridgehead atoms. The smallest absolute Gasteiger partial charge is 0.138 e. The number of nitrogens with one attached hydrogen (secondary N) is 1. The molecule has 0 amide bonds. The van der Waals surface area contributed by atoms with Gasteiger partial charge in [0.05, 0.1) is 19.7 Å². The number of ether oxygens (including phenoxy) is 2. The number of halogens is 1. The molecule has 0 saturated carbocycles. The van der Waals surface area contributed by atoms with Crippen LogP contribution in [0.3, 0.4) is 0 Å². The maximum atomic E-state index is 5.25. The number of aromatic amines is 1. The van der Waals surface area contributed by atoms with Gasteiger partial charge in [0.25, 0.3) is 0 Å². The van der Waals surface area contributed by atoms with Crippen LogP contribution >= 0.6 is 15.9 Å². The van der Waals surface area contributed by atoms with Crippen molar-refractivity contribution in [1.82, 2.24) is 9.97 Å². The summed E-state index contributed by atoms with van der Waals surface area (Å²) in [6, 6.07) is 11.6. The van der Waals surface area contributed by atoms with E-state index in [1.165, 1.54) is 0 Å². The van der Waals surface area contributed by atoms with Crippen molar-refractivity contribution in [2.24, 2.45) is 0 Å². The Morgan fingerprint density at radius 1 is 1.00 bits per heavy atom. The SMILES string of the molecule is COc1ccc(-c2nc3c(Br)cc(OC)cc3[nH]2)cc1. The Kier molecular flexibility index (Phi) is 3.36. The van der Waals surface area contributed by atoms with Crippen molar-refractivity contribution in [1.29, 1.82) is 0 Å². The van der Waals surface area contributed by atoms with Crippen molar-refractivity contribution in [3.05, 3.63) is 40.9 Å². The summed E-state index contributed by atoms with van der Waals surface area (Å²) < 4.78 is 11.3. The van der Waals surface area contributed by atoms with Gasteiger partial charge >= 0.3 is 0 Å². The largest absolute Gasteiger partial charge is 0.497 e. The third kappa shape index (κ3) is 2.25. The van der Waals surface area contributed by atoms with E-state index in [-0.39, 0.29) is 0 Å². The van der Waals surface area contributed by atoms with Crippen LogP contribution < -0.4 is 9.47 Å². The molecule has 0 radical (unpaired) electrons. The van der Waals surface area contributed by atoms with E-state index in [0.29, 0.717) is 0 Å². The van der Waals surface area contributed by atoms with Gasteiger partial charge in [-0.05, 0) is 46.3 Å². The van der Waals surface area contributed by atoms with E-state index in [9.17, 15) is 0 Å². The van der Waals surface area contributed by atoms with Gasteiger partial charge in [0, 0.05) is 16.1 Å². The van der Waals surface area contributed by atoms with Crippen molar-refractivity contribution < 1.29 is 9.47 Å². The van der Waals surface area contributed by atoms with E-state index in [1.807, 2.05) is 36.4 Å². The van der Waals surface area contributed by atoms with Gasteiger partial charge in [-0.15, -0.1) is 0 Å². The third-order valence-electron chi connectivity index (χ3n) is 3.11. The monoisotopic (exact) mass is 332 g/mol. The molecule has 3 rings (SSSR count). The number of benzene rings is 2. The average Bonchev–Trinajstić information content (AvgIpc) is 2.92. The Bertz CT molecular complexity index is 750. The van der Waals surface area contributed by atoms with E-state index in [0.717, 1.165) is 38.4 Å². The molecule has 0 aliphatic heterocycles. The van der Waals surface area contributed by atoms with Gasteiger partial charge in [-0.1, -0.05) is 0 Å². The zero-order valence-corrected chi connectivity index (χ0v) is 12.7. The fraction of sp³-hybridized carbons (Fsp3) is 0.133. The second kappa shape index (κ2) is 5.17. The Morgan fingerprint density at radius 3 is 2.35 bits per heavy atom. The molecular weight excluding hydrogens is 320 g/mol. The first kappa shape index (κ1) is 13.0. The van der Waals surface area contributed by atoms with E-state index in [4.69, 9.17) is 9.47 Å². The molecule has 0 unspecified atom stereocenters. The molecule has 20 heavy (non-hydrogen) atoms. The summed E-state index contributed by atoms with van der Waals surface area (Å²) in [5, 5.41) is 0. The van der Waals surface area contributed by atoms with E-state index in [1.54, 1.807) is 14.2 Å². The fourth-order valence-corrected chi connectivity index (χ4v) is 2.58. The topological polar surface area (TPSA) is 47.1 Å². The molecule has 0 atom stereocenters. The van der Waals surface area contributed by atoms with Crippen molar-refractivity contribution in [2.45, 2.75) is 0 Å². The minimum atomic E-state index is 0.786. The zero-order chi connectivity index (χ0) is 14.1. The Morgan fingerprint density at radius 2 is 1.70 bits per heavy atom. The number of imidazole rings is 1. The van der Waals surface area contributed by atoms with Gasteiger partial charge in [-0.2, -0.15) is 0 Å². The van der Waals surface area contributed by atoms with Crippen LogP contribution in [0, 0.1) is 0 Å². The molecule has 1 heterocycles. The Hall–Kier alpha value is -2.01. The summed E-state index contributed by atoms with van der Waals surface area (Å²) in [5.41, 5.74) is 2.83. The molecule has 0 aliphatic carbocycles. The van der Waals surface area contributed by atoms with Crippen LogP contribution in [0.15, 0.2) is 40.9 Å². The second-order valence-corrected chi connectivity index (χ2v) is 5.17. The lowest BCUT2D eigenvalue weighted by Gasteiger charge is -2.00. The van der Waals surface area contributed by atoms with Crippen LogP contribution in [-0.4, -0.2) is 24.2 Å². The van der Waals surface area contributed by atoms with E-state index >= 15 is 0 Å². The number of aromatic nitrogens is 2. The molecule has 3 aromatic rings. The zero-order valence-electron chi connectivity index (χ0n) is 11.1. The standard InChI is InChI=1S/C15H13BrN2O2/c1-19-10-5-3-9(4-6-10)15-17-13-8-11(20-2)7-12(16)14(13)18-15/h3-8H,1-2H3,(H,17,18). The van der Waals surface area contributed by atoms with E-state index in [2.05, 4.69) is 25.9 Å². The number of H-pyrrole nitrogens is 1. The van der Waals surface area contributed by atoms with Crippen LogP contribution in [0.5, 0.6) is 11.5 Å². The summed E-state index contributed by atoms with van der Waals surface area (Å²) in [7, 11) is 3.30. The molecule has 0 fully saturated rings. The first-order chi connectivity index (χ1) is 9.71. The predicted molar refractivity (Wildman–Crippen MR) is 82.3 cm³/mol. The molecule has 1 N–H and O–H groups in total. The first-order valence-electron chi connectivity index (χ1n) is 6.09. The molecule has 2 aromatic carbocycles. The lowest BCUT2D eigenvalue weighted by atomic mass is 10.2. The van der Waals surface area contributed by atoms with Crippen molar-refractivity contribution >= 4 is 27.0 Å². The van der Waals surface area contributed by atoms with Crippen molar-refractivity contribution in [2.75, 3.05) is 14.2 Å². The number of hydrogen-bond donors (Lipinski definition) is 1. The van der Waals surface area contributed by atoms with Gasteiger partial charge < -0.3 is 14.5 Å². The van der Waals surface area contributed by atoms with Crippen LogP contribution in [0.4, 0.5) is 0 Å². The summed E-state index contributed by atoms with van der Waals surface area (Å²) >= 11 is 3.51. The Labute approximate surface area is 124 Å². The van der Waals surface area contributed by atoms with Crippen LogP contribution in [0.25, 0.3) is 22.4 Å². The molecular formula is C15H13BrN2O2. The van der Waals surface area contributed by atoms with Crippen molar-refractivity contribution in [3.63, 3.8) is 0 Å². The summed E-state index contributed by atoms with van der Waals surface area (Å²) in [6.45, 7) is 0. The highest BCUT2D eigenvalue weighted by Crippen LogP contribution is 2.30. The average molecular weight is 333 g/mol. The molecule has 1 aromatic heterocycles. The number of methoxy groups -OCH3 is 2. The molecule has 0 spiro atoms. The number of hydrogen-bond acceptors (Lipinski definition) is 3. The van der Waals surface area contributed by atoms with Crippen LogP contribution in [0.1, 0.15) is 0 Å². The molecule has 0 saturated heterocycles. The second-order valence-electron chi connectivity index (χ2n) is 4.32. The number of nitrogens with zero attached hydrogens (tertiary/aromatic N) is 1. The van der Waals surface area contributed by atoms with Gasteiger partial charge in [-0.3, -0.25) is 0 Å². The maximum absolute atomic E-state index is 5.25. The Balaban J connectivity index is 2.09. The van der Waals surface area contributed by atoms with Crippen LogP contribution in [-0.2, 0) is 0 Å². The van der Waals surface area contributed by atoms with Gasteiger partial charge in [0.2, 0.25) is 0 Å². The number of rotatable bonds is 3. The van der Waals surface area contributed by atoms with Crippen LogP contribution in [0.2, 0.25) is 0 Å². The highest BCUT2D eigenvalue weighted by atomic mass is 79.9. The third-order valence-corrected chi connectivity index (χ3v) is 3.72.